The highest BCUT2D eigenvalue weighted by Crippen LogP contribution is 2.32. The van der Waals surface area contributed by atoms with E-state index in [1.807, 2.05) is 0 Å². The Morgan fingerprint density at radius 2 is 2.00 bits per heavy atom. The van der Waals surface area contributed by atoms with E-state index < -0.39 is 0 Å². The Morgan fingerprint density at radius 3 is 2.65 bits per heavy atom. The van der Waals surface area contributed by atoms with Crippen LogP contribution in [-0.4, -0.2) is 17.4 Å². The zero-order valence-electron chi connectivity index (χ0n) is 11.8. The van der Waals surface area contributed by atoms with Crippen LogP contribution in [0.1, 0.15) is 27.6 Å². The van der Waals surface area contributed by atoms with Crippen LogP contribution >= 0.6 is 11.3 Å². The molecule has 0 saturated heterocycles. The van der Waals surface area contributed by atoms with E-state index in [0.29, 0.717) is 5.96 Å². The first-order valence-electron chi connectivity index (χ1n) is 6.82. The molecule has 0 spiro atoms. The summed E-state index contributed by atoms with van der Waals surface area (Å²) in [5.41, 5.74) is 10.1. The van der Waals surface area contributed by atoms with Crippen molar-refractivity contribution >= 4 is 17.3 Å². The third-order valence-electron chi connectivity index (χ3n) is 3.88. The van der Waals surface area contributed by atoms with Crippen molar-refractivity contribution in [2.75, 3.05) is 6.54 Å². The Bertz CT molecular complexity index is 611. The van der Waals surface area contributed by atoms with E-state index in [-0.39, 0.29) is 6.04 Å². The van der Waals surface area contributed by atoms with Crippen LogP contribution in [0.25, 0.3) is 0 Å². The van der Waals surface area contributed by atoms with Gasteiger partial charge in [0.15, 0.2) is 5.96 Å². The lowest BCUT2D eigenvalue weighted by Crippen LogP contribution is -2.35. The Labute approximate surface area is 123 Å². The summed E-state index contributed by atoms with van der Waals surface area (Å²) in [7, 11) is 0. The summed E-state index contributed by atoms with van der Waals surface area (Å²) in [6, 6.07) is 10.9. The molecule has 4 heteroatoms. The number of thiophene rings is 1. The molecule has 3 rings (SSSR count). The fourth-order valence-corrected chi connectivity index (χ4v) is 3.59. The quantitative estimate of drug-likeness (QED) is 0.940. The predicted molar refractivity (Wildman–Crippen MR) is 85.0 cm³/mol. The fourth-order valence-electron chi connectivity index (χ4n) is 2.89. The van der Waals surface area contributed by atoms with Gasteiger partial charge in [0.2, 0.25) is 0 Å². The molecule has 2 aromatic rings. The minimum atomic E-state index is 0.262. The van der Waals surface area contributed by atoms with Crippen molar-refractivity contribution in [1.82, 2.24) is 4.90 Å². The van der Waals surface area contributed by atoms with Crippen LogP contribution in [0, 0.1) is 13.8 Å². The highest BCUT2D eigenvalue weighted by atomic mass is 32.1. The standard InChI is InChI=1S/C16H19N3S/c1-11-5-3-6-12(2)15(11)14-9-18-16(17)19(14)10-13-7-4-8-20-13/h3-8,14H,9-10H2,1-2H3,(H2,17,18). The summed E-state index contributed by atoms with van der Waals surface area (Å²) in [5, 5.41) is 2.10. The first kappa shape index (κ1) is 13.2. The van der Waals surface area contributed by atoms with Gasteiger partial charge in [-0.2, -0.15) is 0 Å². The Balaban J connectivity index is 1.93. The second-order valence-electron chi connectivity index (χ2n) is 5.23. The van der Waals surface area contributed by atoms with Crippen LogP contribution in [0.15, 0.2) is 40.7 Å². The lowest BCUT2D eigenvalue weighted by molar-refractivity contribution is 0.341. The third kappa shape index (κ3) is 2.31. The highest BCUT2D eigenvalue weighted by molar-refractivity contribution is 7.09. The number of nitrogens with two attached hydrogens (primary N) is 1. The van der Waals surface area contributed by atoms with Gasteiger partial charge in [-0.1, -0.05) is 24.3 Å². The SMILES string of the molecule is Cc1cccc(C)c1C1CN=C(N)N1Cc1cccs1. The molecule has 2 heterocycles. The second kappa shape index (κ2) is 5.29. The van der Waals surface area contributed by atoms with E-state index in [1.165, 1.54) is 21.6 Å². The Hall–Kier alpha value is -1.81. The average Bonchev–Trinajstić information content (AvgIpc) is 3.03. The smallest absolute Gasteiger partial charge is 0.192 e. The van der Waals surface area contributed by atoms with Gasteiger partial charge in [0.05, 0.1) is 19.1 Å². The number of aliphatic imine (C=N–C) groups is 1. The monoisotopic (exact) mass is 285 g/mol. The topological polar surface area (TPSA) is 41.6 Å². The molecule has 20 heavy (non-hydrogen) atoms. The lowest BCUT2D eigenvalue weighted by Gasteiger charge is -2.28. The number of hydrogen-bond acceptors (Lipinski definition) is 4. The molecule has 0 saturated carbocycles. The zero-order valence-corrected chi connectivity index (χ0v) is 12.7. The maximum atomic E-state index is 6.10. The van der Waals surface area contributed by atoms with Crippen molar-refractivity contribution in [2.24, 2.45) is 10.7 Å². The maximum Gasteiger partial charge on any atom is 0.192 e. The van der Waals surface area contributed by atoms with Crippen molar-refractivity contribution in [2.45, 2.75) is 26.4 Å². The summed E-state index contributed by atoms with van der Waals surface area (Å²) < 4.78 is 0. The first-order valence-corrected chi connectivity index (χ1v) is 7.70. The van der Waals surface area contributed by atoms with Crippen molar-refractivity contribution in [3.8, 4) is 0 Å². The van der Waals surface area contributed by atoms with E-state index in [4.69, 9.17) is 5.73 Å². The molecule has 0 radical (unpaired) electrons. The van der Waals surface area contributed by atoms with Crippen molar-refractivity contribution in [3.05, 3.63) is 57.3 Å². The van der Waals surface area contributed by atoms with Crippen LogP contribution < -0.4 is 5.73 Å². The summed E-state index contributed by atoms with van der Waals surface area (Å²) in [6.07, 6.45) is 0. The van der Waals surface area contributed by atoms with E-state index in [0.717, 1.165) is 13.1 Å². The molecule has 0 fully saturated rings. The van der Waals surface area contributed by atoms with E-state index >= 15 is 0 Å². The van der Waals surface area contributed by atoms with Crippen LogP contribution in [-0.2, 0) is 6.54 Å². The van der Waals surface area contributed by atoms with Crippen molar-refractivity contribution in [3.63, 3.8) is 0 Å². The molecule has 1 aromatic carbocycles. The van der Waals surface area contributed by atoms with Gasteiger partial charge in [-0.25, -0.2) is 0 Å². The van der Waals surface area contributed by atoms with Gasteiger partial charge in [0, 0.05) is 4.88 Å². The number of hydrogen-bond donors (Lipinski definition) is 1. The van der Waals surface area contributed by atoms with Crippen LogP contribution in [0.3, 0.4) is 0 Å². The second-order valence-corrected chi connectivity index (χ2v) is 6.26. The molecule has 1 atom stereocenters. The van der Waals surface area contributed by atoms with E-state index in [2.05, 4.69) is 59.5 Å². The van der Waals surface area contributed by atoms with Crippen molar-refractivity contribution in [1.29, 1.82) is 0 Å². The normalized spacial score (nSPS) is 18.4. The molecule has 1 aliphatic rings. The van der Waals surface area contributed by atoms with Gasteiger partial charge >= 0.3 is 0 Å². The predicted octanol–water partition coefficient (Wildman–Crippen LogP) is 3.24. The molecular weight excluding hydrogens is 266 g/mol. The van der Waals surface area contributed by atoms with Gasteiger partial charge < -0.3 is 10.6 Å². The van der Waals surface area contributed by atoms with Gasteiger partial charge in [-0.05, 0) is 42.0 Å². The highest BCUT2D eigenvalue weighted by Gasteiger charge is 2.29. The molecule has 1 aromatic heterocycles. The van der Waals surface area contributed by atoms with Crippen LogP contribution in [0.4, 0.5) is 0 Å². The fraction of sp³-hybridized carbons (Fsp3) is 0.312. The molecule has 0 aliphatic carbocycles. The molecule has 3 nitrogen and oxygen atoms in total. The largest absolute Gasteiger partial charge is 0.370 e. The minimum absolute atomic E-state index is 0.262. The van der Waals surface area contributed by atoms with Gasteiger partial charge in [0.25, 0.3) is 0 Å². The molecule has 0 amide bonds. The molecule has 104 valence electrons. The number of aryl methyl sites for hydroxylation is 2. The number of benzene rings is 1. The van der Waals surface area contributed by atoms with Gasteiger partial charge in [-0.15, -0.1) is 11.3 Å². The molecular formula is C16H19N3S. The maximum absolute atomic E-state index is 6.10. The lowest BCUT2D eigenvalue weighted by atomic mass is 9.95. The molecule has 0 bridgehead atoms. The van der Waals surface area contributed by atoms with Crippen LogP contribution in [0.2, 0.25) is 0 Å². The average molecular weight is 285 g/mol. The summed E-state index contributed by atoms with van der Waals surface area (Å²) in [5.74, 6) is 0.658. The minimum Gasteiger partial charge on any atom is -0.370 e. The Morgan fingerprint density at radius 1 is 1.25 bits per heavy atom. The number of nitrogens with zero attached hydrogens (tertiary/aromatic N) is 2. The molecule has 1 aliphatic heterocycles. The zero-order chi connectivity index (χ0) is 14.1. The molecule has 2 N–H and O–H groups in total. The summed E-state index contributed by atoms with van der Waals surface area (Å²) in [4.78, 5) is 8.01. The van der Waals surface area contributed by atoms with E-state index in [9.17, 15) is 0 Å². The Kier molecular flexibility index (Phi) is 3.49. The summed E-state index contributed by atoms with van der Waals surface area (Å²) in [6.45, 7) is 5.93. The van der Waals surface area contributed by atoms with E-state index in [1.54, 1.807) is 11.3 Å². The van der Waals surface area contributed by atoms with Gasteiger partial charge in [-0.3, -0.25) is 4.99 Å². The van der Waals surface area contributed by atoms with Gasteiger partial charge in [0.1, 0.15) is 0 Å². The number of guanidine groups is 1. The number of rotatable bonds is 3. The van der Waals surface area contributed by atoms with Crippen LogP contribution in [0.5, 0.6) is 0 Å². The first-order chi connectivity index (χ1) is 9.66. The van der Waals surface area contributed by atoms with Crippen molar-refractivity contribution < 1.29 is 0 Å². The molecule has 1 unspecified atom stereocenters. The summed E-state index contributed by atoms with van der Waals surface area (Å²) >= 11 is 1.77. The third-order valence-corrected chi connectivity index (χ3v) is 4.74.